The molecular formula is C16HF9. The Bertz CT molecular complexity index is 1130. The van der Waals surface area contributed by atoms with Crippen LogP contribution in [0.1, 0.15) is 0 Å². The molecule has 128 valence electrons. The number of fused-ring (bicyclic) bond motifs is 3. The third kappa shape index (κ3) is 1.65. The highest BCUT2D eigenvalue weighted by Gasteiger charge is 2.40. The quantitative estimate of drug-likeness (QED) is 0.212. The summed E-state index contributed by atoms with van der Waals surface area (Å²) in [7, 11) is 0. The van der Waals surface area contributed by atoms with Crippen LogP contribution in [-0.2, 0) is 0 Å². The van der Waals surface area contributed by atoms with E-state index in [4.69, 9.17) is 0 Å². The molecule has 0 amide bonds. The molecule has 1 aliphatic carbocycles. The second-order valence-corrected chi connectivity index (χ2v) is 5.29. The summed E-state index contributed by atoms with van der Waals surface area (Å²) in [5, 5.41) is -2.34. The highest BCUT2D eigenvalue weighted by Crippen LogP contribution is 2.53. The highest BCUT2D eigenvalue weighted by molar-refractivity contribution is 6.16. The molecule has 1 aliphatic rings. The van der Waals surface area contributed by atoms with Crippen LogP contribution in [0.15, 0.2) is 6.07 Å². The second kappa shape index (κ2) is 4.68. The molecule has 0 saturated heterocycles. The van der Waals surface area contributed by atoms with Crippen molar-refractivity contribution in [2.45, 2.75) is 0 Å². The van der Waals surface area contributed by atoms with E-state index in [9.17, 15) is 39.5 Å². The SMILES string of the molecule is Fc1cc(F)c2c(F)c(F)c(F)c3c2c1-c1c(F)c(F)c(F)c(F)c1-3. The molecule has 0 saturated carbocycles. The monoisotopic (exact) mass is 364 g/mol. The fourth-order valence-corrected chi connectivity index (χ4v) is 3.09. The number of halogens is 9. The second-order valence-electron chi connectivity index (χ2n) is 5.29. The van der Waals surface area contributed by atoms with Crippen molar-refractivity contribution in [3.8, 4) is 22.3 Å². The summed E-state index contributed by atoms with van der Waals surface area (Å²) in [6, 6.07) is 0.0234. The largest absolute Gasteiger partial charge is 0.206 e. The van der Waals surface area contributed by atoms with E-state index in [1.807, 2.05) is 0 Å². The van der Waals surface area contributed by atoms with Crippen molar-refractivity contribution < 1.29 is 39.5 Å². The average molecular weight is 364 g/mol. The van der Waals surface area contributed by atoms with E-state index in [2.05, 4.69) is 0 Å². The van der Waals surface area contributed by atoms with E-state index in [1.54, 1.807) is 0 Å². The lowest BCUT2D eigenvalue weighted by molar-refractivity contribution is 0.412. The first kappa shape index (κ1) is 15.8. The number of hydrogen-bond donors (Lipinski definition) is 0. The van der Waals surface area contributed by atoms with Crippen LogP contribution in [0.3, 0.4) is 0 Å². The minimum atomic E-state index is -2.36. The van der Waals surface area contributed by atoms with Gasteiger partial charge < -0.3 is 0 Å². The molecule has 0 bridgehead atoms. The first-order valence-electron chi connectivity index (χ1n) is 6.53. The molecule has 0 unspecified atom stereocenters. The first-order valence-corrected chi connectivity index (χ1v) is 6.53. The summed E-state index contributed by atoms with van der Waals surface area (Å²) in [5.74, 6) is -18.7. The Balaban J connectivity index is 2.42. The molecule has 3 aromatic carbocycles. The van der Waals surface area contributed by atoms with E-state index in [1.165, 1.54) is 0 Å². The van der Waals surface area contributed by atoms with Crippen molar-refractivity contribution in [1.82, 2.24) is 0 Å². The van der Waals surface area contributed by atoms with Crippen LogP contribution in [0.2, 0.25) is 0 Å². The van der Waals surface area contributed by atoms with Gasteiger partial charge in [-0.25, -0.2) is 39.5 Å². The summed E-state index contributed by atoms with van der Waals surface area (Å²) in [5.41, 5.74) is -5.00. The molecule has 0 fully saturated rings. The molecule has 0 heterocycles. The Kier molecular flexibility index (Phi) is 2.96. The van der Waals surface area contributed by atoms with Gasteiger partial charge in [-0.05, 0) is 0 Å². The first-order chi connectivity index (χ1) is 11.7. The molecule has 9 heteroatoms. The Labute approximate surface area is 132 Å². The molecular weight excluding hydrogens is 363 g/mol. The Morgan fingerprint density at radius 1 is 0.360 bits per heavy atom. The van der Waals surface area contributed by atoms with E-state index in [0.29, 0.717) is 0 Å². The third-order valence-electron chi connectivity index (χ3n) is 4.07. The zero-order valence-corrected chi connectivity index (χ0v) is 11.5. The number of benzene rings is 3. The zero-order valence-electron chi connectivity index (χ0n) is 11.5. The zero-order chi connectivity index (χ0) is 18.4. The molecule has 4 rings (SSSR count). The minimum Gasteiger partial charge on any atom is -0.206 e. The molecule has 0 radical (unpaired) electrons. The van der Waals surface area contributed by atoms with Gasteiger partial charge in [0.25, 0.3) is 0 Å². The van der Waals surface area contributed by atoms with Crippen LogP contribution in [0.5, 0.6) is 0 Å². The lowest BCUT2D eigenvalue weighted by Gasteiger charge is -2.08. The lowest BCUT2D eigenvalue weighted by atomic mass is 10.0. The van der Waals surface area contributed by atoms with E-state index >= 15 is 0 Å². The van der Waals surface area contributed by atoms with E-state index in [-0.39, 0.29) is 6.07 Å². The van der Waals surface area contributed by atoms with Gasteiger partial charge in [-0.2, -0.15) is 0 Å². The summed E-state index contributed by atoms with van der Waals surface area (Å²) < 4.78 is 125. The fraction of sp³-hybridized carbons (Fsp3) is 0. The summed E-state index contributed by atoms with van der Waals surface area (Å²) in [6.07, 6.45) is 0. The summed E-state index contributed by atoms with van der Waals surface area (Å²) in [4.78, 5) is 0. The van der Waals surface area contributed by atoms with Gasteiger partial charge in [0.15, 0.2) is 40.7 Å². The predicted octanol–water partition coefficient (Wildman–Crippen LogP) is 5.74. The smallest absolute Gasteiger partial charge is 0.198 e. The van der Waals surface area contributed by atoms with Crippen molar-refractivity contribution in [2.24, 2.45) is 0 Å². The molecule has 0 aliphatic heterocycles. The molecule has 0 spiro atoms. The van der Waals surface area contributed by atoms with Gasteiger partial charge in [0.1, 0.15) is 11.6 Å². The molecule has 0 atom stereocenters. The van der Waals surface area contributed by atoms with Crippen molar-refractivity contribution >= 4 is 10.8 Å². The fourth-order valence-electron chi connectivity index (χ4n) is 3.09. The van der Waals surface area contributed by atoms with Crippen LogP contribution in [-0.4, -0.2) is 0 Å². The van der Waals surface area contributed by atoms with Crippen molar-refractivity contribution in [1.29, 1.82) is 0 Å². The van der Waals surface area contributed by atoms with Gasteiger partial charge >= 0.3 is 0 Å². The van der Waals surface area contributed by atoms with Crippen LogP contribution in [0, 0.1) is 52.4 Å². The number of rotatable bonds is 0. The van der Waals surface area contributed by atoms with E-state index < -0.39 is 85.4 Å². The molecule has 0 N–H and O–H groups in total. The topological polar surface area (TPSA) is 0 Å². The standard InChI is InChI=1S/C16HF9/c17-2-1-3(18)5-6-4(2)7-9(8(6)12(21)14(23)10(5)19)13(22)16(25)15(24)11(7)20/h1H. The van der Waals surface area contributed by atoms with Gasteiger partial charge in [0.2, 0.25) is 0 Å². The van der Waals surface area contributed by atoms with Crippen molar-refractivity contribution in [2.75, 3.05) is 0 Å². The van der Waals surface area contributed by atoms with Crippen molar-refractivity contribution in [3.05, 3.63) is 58.4 Å². The highest BCUT2D eigenvalue weighted by atomic mass is 19.2. The molecule has 25 heavy (non-hydrogen) atoms. The maximum atomic E-state index is 14.1. The molecule has 0 nitrogen and oxygen atoms in total. The molecule has 3 aromatic rings. The normalized spacial score (nSPS) is 12.2. The van der Waals surface area contributed by atoms with Gasteiger partial charge in [-0.15, -0.1) is 0 Å². The van der Waals surface area contributed by atoms with Gasteiger partial charge in [0, 0.05) is 33.7 Å². The van der Waals surface area contributed by atoms with Gasteiger partial charge in [-0.1, -0.05) is 0 Å². The maximum Gasteiger partial charge on any atom is 0.198 e. The third-order valence-corrected chi connectivity index (χ3v) is 4.07. The summed E-state index contributed by atoms with van der Waals surface area (Å²) in [6.45, 7) is 0. The van der Waals surface area contributed by atoms with Gasteiger partial charge in [-0.3, -0.25) is 0 Å². The predicted molar refractivity (Wildman–Crippen MR) is 68.0 cm³/mol. The Morgan fingerprint density at radius 3 is 1.36 bits per heavy atom. The Hall–Kier alpha value is -2.71. The average Bonchev–Trinajstić information content (AvgIpc) is 2.92. The van der Waals surface area contributed by atoms with Gasteiger partial charge in [0.05, 0.1) is 5.39 Å². The number of hydrogen-bond acceptors (Lipinski definition) is 0. The van der Waals surface area contributed by atoms with Crippen LogP contribution >= 0.6 is 0 Å². The Morgan fingerprint density at radius 2 is 0.800 bits per heavy atom. The maximum absolute atomic E-state index is 14.1. The van der Waals surface area contributed by atoms with Crippen LogP contribution in [0.25, 0.3) is 33.0 Å². The minimum absolute atomic E-state index is 0.0234. The van der Waals surface area contributed by atoms with Crippen LogP contribution in [0.4, 0.5) is 39.5 Å². The van der Waals surface area contributed by atoms with Crippen molar-refractivity contribution in [3.63, 3.8) is 0 Å². The van der Waals surface area contributed by atoms with Crippen LogP contribution < -0.4 is 0 Å². The van der Waals surface area contributed by atoms with E-state index in [0.717, 1.165) is 0 Å². The lowest BCUT2D eigenvalue weighted by Crippen LogP contribution is -2.02. The molecule has 0 aromatic heterocycles. The summed E-state index contributed by atoms with van der Waals surface area (Å²) >= 11 is 0.